The molecular weight excluding hydrogens is 309 g/mol. The molecule has 1 heterocycles. The molecule has 5 nitrogen and oxygen atoms in total. The van der Waals surface area contributed by atoms with Crippen LogP contribution in [0.4, 0.5) is 4.39 Å². The second-order valence-electron chi connectivity index (χ2n) is 4.73. The molecule has 0 spiro atoms. The molecule has 1 aliphatic rings. The number of halogens is 1. The average Bonchev–Trinajstić information content (AvgIpc) is 2.53. The summed E-state index contributed by atoms with van der Waals surface area (Å²) in [5, 5.41) is 0. The van der Waals surface area contributed by atoms with E-state index in [1.54, 1.807) is 18.2 Å². The van der Waals surface area contributed by atoms with Gasteiger partial charge < -0.3 is 9.47 Å². The van der Waals surface area contributed by atoms with Crippen molar-refractivity contribution in [3.8, 4) is 11.5 Å². The number of hydrogen-bond acceptors (Lipinski definition) is 4. The van der Waals surface area contributed by atoms with Gasteiger partial charge in [0.05, 0.1) is 0 Å². The maximum atomic E-state index is 13.6. The molecular formula is C15H14FNO4S. The highest BCUT2D eigenvalue weighted by Gasteiger charge is 2.18. The van der Waals surface area contributed by atoms with Gasteiger partial charge >= 0.3 is 0 Å². The molecule has 2 aromatic carbocycles. The third kappa shape index (κ3) is 3.05. The minimum atomic E-state index is -3.91. The van der Waals surface area contributed by atoms with Crippen LogP contribution in [0.5, 0.6) is 11.5 Å². The molecule has 0 saturated carbocycles. The van der Waals surface area contributed by atoms with Gasteiger partial charge in [-0.25, -0.2) is 17.5 Å². The predicted molar refractivity (Wildman–Crippen MR) is 77.9 cm³/mol. The first-order valence-corrected chi connectivity index (χ1v) is 8.17. The van der Waals surface area contributed by atoms with Gasteiger partial charge in [-0.3, -0.25) is 0 Å². The Morgan fingerprint density at radius 2 is 1.77 bits per heavy atom. The second-order valence-corrected chi connectivity index (χ2v) is 6.47. The Kier molecular flexibility index (Phi) is 4.00. The van der Waals surface area contributed by atoms with Crippen molar-refractivity contribution in [3.63, 3.8) is 0 Å². The zero-order valence-corrected chi connectivity index (χ0v) is 12.4. The SMILES string of the molecule is O=S(=O)(NCc1ccc2c(c1)OCCO2)c1ccccc1F. The van der Waals surface area contributed by atoms with Crippen LogP contribution in [0.25, 0.3) is 0 Å². The third-order valence-electron chi connectivity index (χ3n) is 3.20. The molecule has 2 aromatic rings. The van der Waals surface area contributed by atoms with E-state index in [4.69, 9.17) is 9.47 Å². The Bertz CT molecular complexity index is 792. The van der Waals surface area contributed by atoms with Gasteiger partial charge in [-0.1, -0.05) is 18.2 Å². The number of nitrogens with one attached hydrogen (secondary N) is 1. The van der Waals surface area contributed by atoms with Gasteiger partial charge in [-0.15, -0.1) is 0 Å². The predicted octanol–water partition coefficient (Wildman–Crippen LogP) is 2.08. The molecule has 7 heteroatoms. The van der Waals surface area contributed by atoms with Crippen molar-refractivity contribution in [2.75, 3.05) is 13.2 Å². The van der Waals surface area contributed by atoms with Crippen LogP contribution in [0.15, 0.2) is 47.4 Å². The number of sulfonamides is 1. The van der Waals surface area contributed by atoms with Crippen molar-refractivity contribution in [1.82, 2.24) is 4.72 Å². The smallest absolute Gasteiger partial charge is 0.243 e. The van der Waals surface area contributed by atoms with Crippen LogP contribution in [0.3, 0.4) is 0 Å². The molecule has 0 aromatic heterocycles. The topological polar surface area (TPSA) is 64.6 Å². The zero-order chi connectivity index (χ0) is 15.6. The lowest BCUT2D eigenvalue weighted by atomic mass is 10.2. The summed E-state index contributed by atoms with van der Waals surface area (Å²) in [5.41, 5.74) is 0.698. The van der Waals surface area contributed by atoms with E-state index in [0.717, 1.165) is 6.07 Å². The molecule has 0 atom stereocenters. The van der Waals surface area contributed by atoms with E-state index in [9.17, 15) is 12.8 Å². The zero-order valence-electron chi connectivity index (χ0n) is 11.6. The molecule has 0 radical (unpaired) electrons. The standard InChI is InChI=1S/C15H14FNO4S/c16-12-3-1-2-4-15(12)22(18,19)17-10-11-5-6-13-14(9-11)21-8-7-20-13/h1-6,9,17H,7-8,10H2. The van der Waals surface area contributed by atoms with E-state index in [1.165, 1.54) is 18.2 Å². The normalized spacial score (nSPS) is 13.9. The van der Waals surface area contributed by atoms with Gasteiger partial charge in [0.2, 0.25) is 10.0 Å². The van der Waals surface area contributed by atoms with Gasteiger partial charge in [-0.2, -0.15) is 0 Å². The van der Waals surface area contributed by atoms with Crippen LogP contribution in [0, 0.1) is 5.82 Å². The molecule has 116 valence electrons. The van der Waals surface area contributed by atoms with Crippen LogP contribution < -0.4 is 14.2 Å². The number of benzene rings is 2. The Morgan fingerprint density at radius 1 is 1.05 bits per heavy atom. The van der Waals surface area contributed by atoms with Crippen molar-refractivity contribution < 1.29 is 22.3 Å². The Balaban J connectivity index is 1.76. The maximum absolute atomic E-state index is 13.6. The highest BCUT2D eigenvalue weighted by Crippen LogP contribution is 2.30. The first-order chi connectivity index (χ1) is 10.6. The fraction of sp³-hybridized carbons (Fsp3) is 0.200. The van der Waals surface area contributed by atoms with Crippen molar-refractivity contribution in [2.24, 2.45) is 0 Å². The van der Waals surface area contributed by atoms with Gasteiger partial charge in [0.15, 0.2) is 11.5 Å². The first-order valence-electron chi connectivity index (χ1n) is 6.69. The molecule has 0 amide bonds. The number of rotatable bonds is 4. The second kappa shape index (κ2) is 5.94. The molecule has 1 aliphatic heterocycles. The van der Waals surface area contributed by atoms with Crippen molar-refractivity contribution >= 4 is 10.0 Å². The minimum Gasteiger partial charge on any atom is -0.486 e. The van der Waals surface area contributed by atoms with E-state index in [1.807, 2.05) is 0 Å². The molecule has 0 bridgehead atoms. The van der Waals surface area contributed by atoms with Crippen LogP contribution in [0.2, 0.25) is 0 Å². The first kappa shape index (κ1) is 14.8. The summed E-state index contributed by atoms with van der Waals surface area (Å²) in [6.07, 6.45) is 0. The molecule has 1 N–H and O–H groups in total. The molecule has 0 saturated heterocycles. The van der Waals surface area contributed by atoms with E-state index in [2.05, 4.69) is 4.72 Å². The molecule has 0 unspecified atom stereocenters. The summed E-state index contributed by atoms with van der Waals surface area (Å²) in [4.78, 5) is -0.368. The van der Waals surface area contributed by atoms with E-state index in [-0.39, 0.29) is 11.4 Å². The van der Waals surface area contributed by atoms with Crippen LogP contribution >= 0.6 is 0 Å². The summed E-state index contributed by atoms with van der Waals surface area (Å²) in [7, 11) is -3.91. The van der Waals surface area contributed by atoms with Crippen molar-refractivity contribution in [3.05, 3.63) is 53.8 Å². The lowest BCUT2D eigenvalue weighted by Gasteiger charge is -2.19. The van der Waals surface area contributed by atoms with Gasteiger partial charge in [0, 0.05) is 6.54 Å². The summed E-state index contributed by atoms with van der Waals surface area (Å²) in [5.74, 6) is 0.429. The van der Waals surface area contributed by atoms with E-state index in [0.29, 0.717) is 30.3 Å². The molecule has 0 aliphatic carbocycles. The van der Waals surface area contributed by atoms with Crippen LogP contribution in [-0.4, -0.2) is 21.6 Å². The molecule has 0 fully saturated rings. The Labute approximate surface area is 127 Å². The van der Waals surface area contributed by atoms with Crippen molar-refractivity contribution in [2.45, 2.75) is 11.4 Å². The highest BCUT2D eigenvalue weighted by molar-refractivity contribution is 7.89. The van der Waals surface area contributed by atoms with Gasteiger partial charge in [0.25, 0.3) is 0 Å². The van der Waals surface area contributed by atoms with E-state index >= 15 is 0 Å². The monoisotopic (exact) mass is 323 g/mol. The van der Waals surface area contributed by atoms with Gasteiger partial charge in [-0.05, 0) is 29.8 Å². The Hall–Kier alpha value is -2.12. The lowest BCUT2D eigenvalue weighted by Crippen LogP contribution is -2.24. The summed E-state index contributed by atoms with van der Waals surface area (Å²) >= 11 is 0. The summed E-state index contributed by atoms with van der Waals surface area (Å²) < 4.78 is 51.0. The lowest BCUT2D eigenvalue weighted by molar-refractivity contribution is 0.171. The molecule has 3 rings (SSSR count). The number of fused-ring (bicyclic) bond motifs is 1. The van der Waals surface area contributed by atoms with E-state index < -0.39 is 15.8 Å². The van der Waals surface area contributed by atoms with Crippen LogP contribution in [-0.2, 0) is 16.6 Å². The fourth-order valence-electron chi connectivity index (χ4n) is 2.12. The number of ether oxygens (including phenoxy) is 2. The quantitative estimate of drug-likeness (QED) is 0.935. The summed E-state index contributed by atoms with van der Waals surface area (Å²) in [6.45, 7) is 0.983. The van der Waals surface area contributed by atoms with Crippen molar-refractivity contribution in [1.29, 1.82) is 0 Å². The summed E-state index contributed by atoms with van der Waals surface area (Å²) in [6, 6.07) is 10.4. The average molecular weight is 323 g/mol. The fourth-order valence-corrected chi connectivity index (χ4v) is 3.21. The molecule has 22 heavy (non-hydrogen) atoms. The maximum Gasteiger partial charge on any atom is 0.243 e. The minimum absolute atomic E-state index is 0.0350. The Morgan fingerprint density at radius 3 is 2.55 bits per heavy atom. The largest absolute Gasteiger partial charge is 0.486 e. The van der Waals surface area contributed by atoms with Gasteiger partial charge in [0.1, 0.15) is 23.9 Å². The number of hydrogen-bond donors (Lipinski definition) is 1. The third-order valence-corrected chi connectivity index (χ3v) is 4.63. The highest BCUT2D eigenvalue weighted by atomic mass is 32.2. The van der Waals surface area contributed by atoms with Crippen LogP contribution in [0.1, 0.15) is 5.56 Å².